The van der Waals surface area contributed by atoms with Gasteiger partial charge in [-0.15, -0.1) is 0 Å². The van der Waals surface area contributed by atoms with Gasteiger partial charge in [0, 0.05) is 17.7 Å². The molecule has 3 rings (SSSR count). The van der Waals surface area contributed by atoms with Gasteiger partial charge in [0.2, 0.25) is 10.0 Å². The molecule has 28 heavy (non-hydrogen) atoms. The summed E-state index contributed by atoms with van der Waals surface area (Å²) in [6.45, 7) is 0. The Morgan fingerprint density at radius 2 is 1.54 bits per heavy atom. The van der Waals surface area contributed by atoms with E-state index in [-0.39, 0.29) is 22.7 Å². The summed E-state index contributed by atoms with van der Waals surface area (Å²) in [6.07, 6.45) is 0. The third kappa shape index (κ3) is 4.60. The van der Waals surface area contributed by atoms with Crippen LogP contribution < -0.4 is 4.72 Å². The van der Waals surface area contributed by atoms with Crippen molar-refractivity contribution in [2.24, 2.45) is 0 Å². The molecule has 0 amide bonds. The van der Waals surface area contributed by atoms with E-state index in [1.54, 1.807) is 60.7 Å². The van der Waals surface area contributed by atoms with E-state index < -0.39 is 20.7 Å². The molecule has 0 aromatic heterocycles. The Labute approximate surface area is 161 Å². The molecule has 142 valence electrons. The molecule has 3 aromatic carbocycles. The first-order valence-electron chi connectivity index (χ1n) is 8.28. The van der Waals surface area contributed by atoms with Crippen molar-refractivity contribution in [3.8, 4) is 0 Å². The smallest absolute Gasteiger partial charge is 0.270 e. The highest BCUT2D eigenvalue weighted by Gasteiger charge is 2.21. The molecule has 0 saturated carbocycles. The second-order valence-corrected chi connectivity index (χ2v) is 7.75. The molecule has 0 unspecified atom stereocenters. The fraction of sp³-hybridized carbons (Fsp3) is 0.0500. The molecule has 8 heteroatoms. The van der Waals surface area contributed by atoms with Gasteiger partial charge < -0.3 is 0 Å². The number of ketones is 1. The van der Waals surface area contributed by atoms with Gasteiger partial charge in [0.15, 0.2) is 5.78 Å². The fourth-order valence-corrected chi connectivity index (χ4v) is 3.88. The number of nitro groups is 1. The molecule has 0 aliphatic carbocycles. The van der Waals surface area contributed by atoms with Crippen molar-refractivity contribution >= 4 is 27.2 Å². The van der Waals surface area contributed by atoms with Crippen LogP contribution in [0.1, 0.15) is 21.5 Å². The maximum Gasteiger partial charge on any atom is 0.270 e. The lowest BCUT2D eigenvalue weighted by atomic mass is 10.0. The number of non-ortho nitro benzene ring substituents is 1. The first-order chi connectivity index (χ1) is 13.4. The van der Waals surface area contributed by atoms with E-state index in [1.165, 1.54) is 6.07 Å². The molecule has 1 N–H and O–H groups in total. The van der Waals surface area contributed by atoms with Gasteiger partial charge in [0.05, 0.1) is 21.9 Å². The summed E-state index contributed by atoms with van der Waals surface area (Å²) in [4.78, 5) is 23.3. The predicted octanol–water partition coefficient (Wildman–Crippen LogP) is 3.77. The Hall–Kier alpha value is -3.52. The summed E-state index contributed by atoms with van der Waals surface area (Å²) < 4.78 is 27.5. The van der Waals surface area contributed by atoms with Gasteiger partial charge in [-0.3, -0.25) is 19.6 Å². The van der Waals surface area contributed by atoms with Gasteiger partial charge in [0.1, 0.15) is 0 Å². The normalized spacial score (nSPS) is 11.0. The molecule has 0 aliphatic rings. The van der Waals surface area contributed by atoms with Crippen molar-refractivity contribution in [3.05, 3.63) is 106 Å². The molecule has 0 aliphatic heterocycles. The van der Waals surface area contributed by atoms with Crippen molar-refractivity contribution < 1.29 is 18.1 Å². The SMILES string of the molecule is O=C(c1ccccc1)c1cc([N+](=O)[O-])ccc1NS(=O)(=O)Cc1ccccc1. The third-order valence-electron chi connectivity index (χ3n) is 3.96. The van der Waals surface area contributed by atoms with Crippen LogP contribution in [0.25, 0.3) is 0 Å². The zero-order valence-corrected chi connectivity index (χ0v) is 15.4. The summed E-state index contributed by atoms with van der Waals surface area (Å²) >= 11 is 0. The van der Waals surface area contributed by atoms with E-state index in [4.69, 9.17) is 0 Å². The minimum atomic E-state index is -3.83. The Bertz CT molecular complexity index is 1110. The van der Waals surface area contributed by atoms with Gasteiger partial charge in [0.25, 0.3) is 5.69 Å². The average molecular weight is 396 g/mol. The highest BCUT2D eigenvalue weighted by atomic mass is 32.2. The molecule has 7 nitrogen and oxygen atoms in total. The molecule has 0 atom stereocenters. The van der Waals surface area contributed by atoms with Crippen molar-refractivity contribution in [3.63, 3.8) is 0 Å². The quantitative estimate of drug-likeness (QED) is 0.372. The summed E-state index contributed by atoms with van der Waals surface area (Å²) in [5, 5.41) is 11.1. The molecule has 0 fully saturated rings. The molecular formula is C20H16N2O5S. The van der Waals surface area contributed by atoms with E-state index in [0.29, 0.717) is 11.1 Å². The van der Waals surface area contributed by atoms with Gasteiger partial charge in [-0.25, -0.2) is 8.42 Å². The molecule has 0 spiro atoms. The first-order valence-corrected chi connectivity index (χ1v) is 9.93. The number of carbonyl (C=O) groups is 1. The highest BCUT2D eigenvalue weighted by Crippen LogP contribution is 2.26. The molecule has 0 heterocycles. The zero-order chi connectivity index (χ0) is 20.1. The molecule has 0 radical (unpaired) electrons. The largest absolute Gasteiger partial charge is 0.289 e. The first kappa shape index (κ1) is 19.2. The summed E-state index contributed by atoms with van der Waals surface area (Å²) in [6, 6.07) is 20.2. The van der Waals surface area contributed by atoms with Crippen LogP contribution in [0.3, 0.4) is 0 Å². The molecule has 3 aromatic rings. The van der Waals surface area contributed by atoms with Gasteiger partial charge >= 0.3 is 0 Å². The Balaban J connectivity index is 1.98. The van der Waals surface area contributed by atoms with E-state index in [2.05, 4.69) is 4.72 Å². The van der Waals surface area contributed by atoms with Gasteiger partial charge in [-0.2, -0.15) is 0 Å². The van der Waals surface area contributed by atoms with E-state index in [1.807, 2.05) is 0 Å². The van der Waals surface area contributed by atoms with E-state index >= 15 is 0 Å². The number of carbonyl (C=O) groups excluding carboxylic acids is 1. The Kier molecular flexibility index (Phi) is 5.51. The summed E-state index contributed by atoms with van der Waals surface area (Å²) in [5.41, 5.74) is 0.483. The maximum atomic E-state index is 12.8. The molecular weight excluding hydrogens is 380 g/mol. The van der Waals surface area contributed by atoms with Crippen LogP contribution in [0.4, 0.5) is 11.4 Å². The zero-order valence-electron chi connectivity index (χ0n) is 14.6. The standard InChI is InChI=1S/C20H16N2O5S/c23-20(16-9-5-2-6-10-16)18-13-17(22(24)25)11-12-19(18)21-28(26,27)14-15-7-3-1-4-8-15/h1-13,21H,14H2. The monoisotopic (exact) mass is 396 g/mol. The number of nitrogens with one attached hydrogen (secondary N) is 1. The number of nitro benzene ring substituents is 1. The van der Waals surface area contributed by atoms with Crippen LogP contribution in [0.15, 0.2) is 78.9 Å². The van der Waals surface area contributed by atoms with E-state index in [9.17, 15) is 23.3 Å². The highest BCUT2D eigenvalue weighted by molar-refractivity contribution is 7.91. The fourth-order valence-electron chi connectivity index (χ4n) is 2.66. The van der Waals surface area contributed by atoms with Crippen molar-refractivity contribution in [2.75, 3.05) is 4.72 Å². The minimum Gasteiger partial charge on any atom is -0.289 e. The number of nitrogens with zero attached hydrogens (tertiary/aromatic N) is 1. The lowest BCUT2D eigenvalue weighted by Gasteiger charge is -2.12. The Morgan fingerprint density at radius 1 is 0.929 bits per heavy atom. The number of hydrogen-bond acceptors (Lipinski definition) is 5. The number of rotatable bonds is 7. The molecule has 0 saturated heterocycles. The van der Waals surface area contributed by atoms with Gasteiger partial charge in [-0.1, -0.05) is 60.7 Å². The number of anilines is 1. The summed E-state index contributed by atoms with van der Waals surface area (Å²) in [7, 11) is -3.83. The number of benzene rings is 3. The van der Waals surface area contributed by atoms with Crippen LogP contribution in [0, 0.1) is 10.1 Å². The van der Waals surface area contributed by atoms with Crippen molar-refractivity contribution in [1.29, 1.82) is 0 Å². The van der Waals surface area contributed by atoms with Crippen LogP contribution in [0.2, 0.25) is 0 Å². The topological polar surface area (TPSA) is 106 Å². The second kappa shape index (κ2) is 8.01. The minimum absolute atomic E-state index is 0.00427. The van der Waals surface area contributed by atoms with Crippen LogP contribution in [-0.2, 0) is 15.8 Å². The number of sulfonamides is 1. The van der Waals surface area contributed by atoms with Gasteiger partial charge in [-0.05, 0) is 11.6 Å². The third-order valence-corrected chi connectivity index (χ3v) is 5.20. The second-order valence-electron chi connectivity index (χ2n) is 6.03. The number of hydrogen-bond donors (Lipinski definition) is 1. The Morgan fingerprint density at radius 3 is 2.14 bits per heavy atom. The maximum absolute atomic E-state index is 12.8. The van der Waals surface area contributed by atoms with Crippen molar-refractivity contribution in [1.82, 2.24) is 0 Å². The lowest BCUT2D eigenvalue weighted by Crippen LogP contribution is -2.17. The molecule has 0 bridgehead atoms. The predicted molar refractivity (Wildman–Crippen MR) is 106 cm³/mol. The van der Waals surface area contributed by atoms with Crippen LogP contribution in [0.5, 0.6) is 0 Å². The lowest BCUT2D eigenvalue weighted by molar-refractivity contribution is -0.384. The summed E-state index contributed by atoms with van der Waals surface area (Å²) in [5.74, 6) is -0.800. The van der Waals surface area contributed by atoms with Crippen LogP contribution >= 0.6 is 0 Å². The van der Waals surface area contributed by atoms with E-state index in [0.717, 1.165) is 12.1 Å². The average Bonchev–Trinajstić information content (AvgIpc) is 2.68. The van der Waals surface area contributed by atoms with Crippen molar-refractivity contribution in [2.45, 2.75) is 5.75 Å². The van der Waals surface area contributed by atoms with Crippen LogP contribution in [-0.4, -0.2) is 19.1 Å².